The summed E-state index contributed by atoms with van der Waals surface area (Å²) in [7, 11) is -1.18. The zero-order valence-electron chi connectivity index (χ0n) is 15.3. The van der Waals surface area contributed by atoms with E-state index in [1.54, 1.807) is 0 Å². The molecular weight excluding hydrogens is 392 g/mol. The lowest BCUT2D eigenvalue weighted by molar-refractivity contribution is -0.137. The van der Waals surface area contributed by atoms with E-state index < -0.39 is 16.8 Å². The van der Waals surface area contributed by atoms with E-state index >= 15 is 0 Å². The van der Waals surface area contributed by atoms with Gasteiger partial charge in [-0.3, -0.25) is 9.00 Å². The van der Waals surface area contributed by atoms with Crippen LogP contribution >= 0.6 is 11.6 Å². The highest BCUT2D eigenvalue weighted by molar-refractivity contribution is 7.85. The second kappa shape index (κ2) is 9.67. The molecule has 0 fully saturated rings. The van der Waals surface area contributed by atoms with Gasteiger partial charge in [-0.2, -0.15) is 0 Å². The Labute approximate surface area is 172 Å². The number of halogens is 1. The zero-order valence-corrected chi connectivity index (χ0v) is 16.8. The third-order valence-corrected chi connectivity index (χ3v) is 6.38. The van der Waals surface area contributed by atoms with Crippen LogP contribution in [0, 0.1) is 0 Å². The van der Waals surface area contributed by atoms with Crippen LogP contribution < -0.4 is 0 Å². The maximum absolute atomic E-state index is 12.7. The molecule has 0 bridgehead atoms. The topological polar surface area (TPSA) is 54.4 Å². The van der Waals surface area contributed by atoms with Gasteiger partial charge in [-0.25, -0.2) is 0 Å². The molecule has 28 heavy (non-hydrogen) atoms. The lowest BCUT2D eigenvalue weighted by Gasteiger charge is -2.17. The number of carbonyl (C=O) groups is 1. The molecule has 0 saturated carbocycles. The van der Waals surface area contributed by atoms with Gasteiger partial charge in [0.25, 0.3) is 0 Å². The number of hydrogen-bond donors (Lipinski definition) is 1. The Kier molecular flexibility index (Phi) is 7.01. The van der Waals surface area contributed by atoms with Crippen molar-refractivity contribution in [2.75, 3.05) is 5.75 Å². The van der Waals surface area contributed by atoms with Gasteiger partial charge >= 0.3 is 5.97 Å². The van der Waals surface area contributed by atoms with E-state index in [0.29, 0.717) is 17.2 Å². The number of aliphatic carboxylic acids is 1. The summed E-state index contributed by atoms with van der Waals surface area (Å²) < 4.78 is 12.7. The Morgan fingerprint density at radius 2 is 1.46 bits per heavy atom. The molecular formula is C23H21ClO3S. The summed E-state index contributed by atoms with van der Waals surface area (Å²) in [6.07, 6.45) is 0.504. The summed E-state index contributed by atoms with van der Waals surface area (Å²) in [5.74, 6) is -0.526. The molecule has 3 nitrogen and oxygen atoms in total. The van der Waals surface area contributed by atoms with Crippen LogP contribution in [0.2, 0.25) is 5.02 Å². The first-order valence-electron chi connectivity index (χ1n) is 9.04. The van der Waals surface area contributed by atoms with Crippen molar-refractivity contribution in [2.24, 2.45) is 0 Å². The molecule has 0 heterocycles. The Balaban J connectivity index is 1.80. The Morgan fingerprint density at radius 3 is 2.04 bits per heavy atom. The lowest BCUT2D eigenvalue weighted by atomic mass is 9.94. The van der Waals surface area contributed by atoms with Crippen molar-refractivity contribution in [3.05, 3.63) is 89.4 Å². The molecule has 0 aliphatic heterocycles. The molecule has 2 atom stereocenters. The Hall–Kier alpha value is -2.43. The van der Waals surface area contributed by atoms with Crippen molar-refractivity contribution in [2.45, 2.75) is 23.7 Å². The predicted octanol–water partition coefficient (Wildman–Crippen LogP) is 5.76. The van der Waals surface area contributed by atoms with Gasteiger partial charge < -0.3 is 5.11 Å². The normalized spacial score (nSPS) is 13.0. The number of benzene rings is 3. The summed E-state index contributed by atoms with van der Waals surface area (Å²) in [4.78, 5) is 11.8. The van der Waals surface area contributed by atoms with Crippen LogP contribution in [-0.4, -0.2) is 21.0 Å². The summed E-state index contributed by atoms with van der Waals surface area (Å²) in [5.41, 5.74) is 3.12. The van der Waals surface area contributed by atoms with Crippen molar-refractivity contribution in [1.29, 1.82) is 0 Å². The van der Waals surface area contributed by atoms with Gasteiger partial charge in [0.05, 0.1) is 10.8 Å². The number of carboxylic acid groups (broad SMARTS) is 1. The molecule has 0 radical (unpaired) electrons. The van der Waals surface area contributed by atoms with Gasteiger partial charge in [-0.15, -0.1) is 0 Å². The molecule has 0 amide bonds. The molecule has 1 N–H and O–H groups in total. The third kappa shape index (κ3) is 5.54. The van der Waals surface area contributed by atoms with Crippen molar-refractivity contribution < 1.29 is 14.1 Å². The number of rotatable bonds is 8. The highest BCUT2D eigenvalue weighted by atomic mass is 35.5. The molecule has 0 spiro atoms. The summed E-state index contributed by atoms with van der Waals surface area (Å²) in [6.45, 7) is 0. The molecule has 144 valence electrons. The predicted molar refractivity (Wildman–Crippen MR) is 114 cm³/mol. The minimum atomic E-state index is -1.18. The highest BCUT2D eigenvalue weighted by Crippen LogP contribution is 2.28. The van der Waals surface area contributed by atoms with Crippen LogP contribution in [0.5, 0.6) is 0 Å². The van der Waals surface area contributed by atoms with Gasteiger partial charge in [0, 0.05) is 22.1 Å². The second-order valence-electron chi connectivity index (χ2n) is 6.58. The average Bonchev–Trinajstić information content (AvgIpc) is 2.72. The maximum Gasteiger partial charge on any atom is 0.303 e. The third-order valence-electron chi connectivity index (χ3n) is 4.62. The van der Waals surface area contributed by atoms with Gasteiger partial charge in [0.15, 0.2) is 0 Å². The fourth-order valence-corrected chi connectivity index (χ4v) is 4.59. The summed E-state index contributed by atoms with van der Waals surface area (Å²) in [6, 6.07) is 24.9. The average molecular weight is 413 g/mol. The van der Waals surface area contributed by atoms with Crippen molar-refractivity contribution >= 4 is 28.4 Å². The van der Waals surface area contributed by atoms with Crippen LogP contribution in [0.4, 0.5) is 0 Å². The van der Waals surface area contributed by atoms with Crippen molar-refractivity contribution in [1.82, 2.24) is 0 Å². The summed E-state index contributed by atoms with van der Waals surface area (Å²) >= 11 is 5.95. The van der Waals surface area contributed by atoms with E-state index in [-0.39, 0.29) is 12.3 Å². The minimum Gasteiger partial charge on any atom is -0.481 e. The fraction of sp³-hybridized carbons (Fsp3) is 0.174. The molecule has 0 saturated heterocycles. The zero-order chi connectivity index (χ0) is 19.9. The molecule has 5 heteroatoms. The van der Waals surface area contributed by atoms with Crippen LogP contribution in [0.1, 0.15) is 24.3 Å². The molecule has 1 unspecified atom stereocenters. The van der Waals surface area contributed by atoms with E-state index in [9.17, 15) is 9.00 Å². The molecule has 3 aromatic rings. The Morgan fingerprint density at radius 1 is 0.893 bits per heavy atom. The van der Waals surface area contributed by atoms with E-state index in [1.165, 1.54) is 0 Å². The quantitative estimate of drug-likeness (QED) is 0.511. The smallest absolute Gasteiger partial charge is 0.303 e. The first-order valence-corrected chi connectivity index (χ1v) is 10.7. The van der Waals surface area contributed by atoms with Gasteiger partial charge in [0.1, 0.15) is 0 Å². The van der Waals surface area contributed by atoms with Crippen LogP contribution in [0.15, 0.2) is 83.8 Å². The standard InChI is InChI=1S/C23H21ClO3S/c24-21-13-10-18(11-14-21)17-6-8-19(9-7-17)20(12-15-23(25)26)16-28(27)22-4-2-1-3-5-22/h1-11,13-14,20H,12,15-16H2,(H,25,26)/t20?,28-/m0/s1. The molecule has 3 rings (SSSR count). The highest BCUT2D eigenvalue weighted by Gasteiger charge is 2.18. The molecule has 0 aromatic heterocycles. The van der Waals surface area contributed by atoms with Gasteiger partial charge in [-0.05, 0) is 53.3 Å². The van der Waals surface area contributed by atoms with Crippen LogP contribution in [0.25, 0.3) is 11.1 Å². The molecule has 3 aromatic carbocycles. The fourth-order valence-electron chi connectivity index (χ4n) is 3.09. The number of hydrogen-bond acceptors (Lipinski definition) is 2. The van der Waals surface area contributed by atoms with E-state index in [2.05, 4.69) is 0 Å². The second-order valence-corrected chi connectivity index (χ2v) is 8.52. The summed E-state index contributed by atoms with van der Waals surface area (Å²) in [5, 5.41) is 9.78. The SMILES string of the molecule is O=C(O)CCC(C[S@](=O)c1ccccc1)c1ccc(-c2ccc(Cl)cc2)cc1. The van der Waals surface area contributed by atoms with Crippen LogP contribution in [0.3, 0.4) is 0 Å². The van der Waals surface area contributed by atoms with Crippen molar-refractivity contribution in [3.63, 3.8) is 0 Å². The monoisotopic (exact) mass is 412 g/mol. The minimum absolute atomic E-state index is 0.0512. The Bertz CT molecular complexity index is 938. The van der Waals surface area contributed by atoms with E-state index in [4.69, 9.17) is 16.7 Å². The van der Waals surface area contributed by atoms with E-state index in [1.807, 2.05) is 78.9 Å². The van der Waals surface area contributed by atoms with Crippen molar-refractivity contribution in [3.8, 4) is 11.1 Å². The van der Waals surface area contributed by atoms with Crippen LogP contribution in [-0.2, 0) is 15.6 Å². The first-order chi connectivity index (χ1) is 13.5. The van der Waals surface area contributed by atoms with Gasteiger partial charge in [-0.1, -0.05) is 66.2 Å². The van der Waals surface area contributed by atoms with E-state index in [0.717, 1.165) is 21.6 Å². The number of carboxylic acids is 1. The molecule has 0 aliphatic carbocycles. The largest absolute Gasteiger partial charge is 0.481 e. The maximum atomic E-state index is 12.7. The van der Waals surface area contributed by atoms with Gasteiger partial charge in [0.2, 0.25) is 0 Å². The first kappa shape index (κ1) is 20.3. The molecule has 0 aliphatic rings. The lowest BCUT2D eigenvalue weighted by Crippen LogP contribution is -2.12.